The lowest BCUT2D eigenvalue weighted by Gasteiger charge is -2.18. The topological polar surface area (TPSA) is 21.3 Å². The lowest BCUT2D eigenvalue weighted by atomic mass is 9.92. The molecule has 2 rings (SSSR count). The van der Waals surface area contributed by atoms with Crippen LogP contribution in [0.1, 0.15) is 27.2 Å². The number of hydrogen-bond acceptors (Lipinski definition) is 2. The van der Waals surface area contributed by atoms with Crippen LogP contribution in [0, 0.1) is 5.41 Å². The molecule has 0 aliphatic heterocycles. The number of nitrogens with one attached hydrogen (secondary N) is 1. The second-order valence-electron chi connectivity index (χ2n) is 6.18. The standard InChI is InChI=1S/C18H23NO/c1-18(2,3)13-14-19-15-9-11-17(12-10-15)20-16-7-5-4-6-8-16/h4-12,19H,13-14H2,1-3H3. The Labute approximate surface area is 121 Å². The first-order valence-corrected chi connectivity index (χ1v) is 7.10. The average molecular weight is 269 g/mol. The van der Waals surface area contributed by atoms with Crippen molar-refractivity contribution >= 4 is 5.69 Å². The van der Waals surface area contributed by atoms with Crippen molar-refractivity contribution in [1.82, 2.24) is 0 Å². The minimum Gasteiger partial charge on any atom is -0.457 e. The van der Waals surface area contributed by atoms with Gasteiger partial charge in [0.25, 0.3) is 0 Å². The Morgan fingerprint density at radius 1 is 0.850 bits per heavy atom. The maximum Gasteiger partial charge on any atom is 0.127 e. The SMILES string of the molecule is CC(C)(C)CCNc1ccc(Oc2ccccc2)cc1. The van der Waals surface area contributed by atoms with E-state index in [-0.39, 0.29) is 0 Å². The third kappa shape index (κ3) is 4.96. The monoisotopic (exact) mass is 269 g/mol. The minimum absolute atomic E-state index is 0.364. The molecule has 2 aromatic carbocycles. The molecule has 0 heterocycles. The first kappa shape index (κ1) is 14.4. The summed E-state index contributed by atoms with van der Waals surface area (Å²) in [4.78, 5) is 0. The Morgan fingerprint density at radius 2 is 1.45 bits per heavy atom. The quantitative estimate of drug-likeness (QED) is 0.792. The summed E-state index contributed by atoms with van der Waals surface area (Å²) in [5.74, 6) is 1.72. The normalized spacial score (nSPS) is 11.2. The van der Waals surface area contributed by atoms with E-state index < -0.39 is 0 Å². The summed E-state index contributed by atoms with van der Waals surface area (Å²) in [6, 6.07) is 17.9. The molecule has 0 saturated carbocycles. The molecular formula is C18H23NO. The second kappa shape index (κ2) is 6.47. The minimum atomic E-state index is 0.364. The number of hydrogen-bond donors (Lipinski definition) is 1. The van der Waals surface area contributed by atoms with Crippen LogP contribution in [0.2, 0.25) is 0 Å². The molecule has 2 nitrogen and oxygen atoms in total. The van der Waals surface area contributed by atoms with Gasteiger partial charge in [0.15, 0.2) is 0 Å². The molecule has 0 radical (unpaired) electrons. The fourth-order valence-corrected chi connectivity index (χ4v) is 1.85. The van der Waals surface area contributed by atoms with Crippen LogP contribution in [0.15, 0.2) is 54.6 Å². The van der Waals surface area contributed by atoms with Gasteiger partial charge in [-0.2, -0.15) is 0 Å². The number of para-hydroxylation sites is 1. The Hall–Kier alpha value is -1.96. The van der Waals surface area contributed by atoms with E-state index in [0.717, 1.165) is 30.2 Å². The van der Waals surface area contributed by atoms with Gasteiger partial charge >= 0.3 is 0 Å². The molecule has 0 unspecified atom stereocenters. The number of anilines is 1. The molecule has 0 atom stereocenters. The average Bonchev–Trinajstić information content (AvgIpc) is 2.41. The van der Waals surface area contributed by atoms with E-state index in [1.807, 2.05) is 42.5 Å². The highest BCUT2D eigenvalue weighted by molar-refractivity contribution is 5.47. The van der Waals surface area contributed by atoms with Crippen molar-refractivity contribution in [3.8, 4) is 11.5 Å². The van der Waals surface area contributed by atoms with E-state index in [9.17, 15) is 0 Å². The van der Waals surface area contributed by atoms with E-state index in [2.05, 4.69) is 38.2 Å². The Kier molecular flexibility index (Phi) is 4.67. The maximum absolute atomic E-state index is 5.76. The molecule has 1 N–H and O–H groups in total. The third-order valence-electron chi connectivity index (χ3n) is 3.04. The summed E-state index contributed by atoms with van der Waals surface area (Å²) in [5.41, 5.74) is 1.50. The van der Waals surface area contributed by atoms with Gasteiger partial charge in [0.05, 0.1) is 0 Å². The van der Waals surface area contributed by atoms with Gasteiger partial charge in [-0.05, 0) is 48.2 Å². The van der Waals surface area contributed by atoms with Crippen LogP contribution in [0.3, 0.4) is 0 Å². The van der Waals surface area contributed by atoms with E-state index in [1.54, 1.807) is 0 Å². The smallest absolute Gasteiger partial charge is 0.127 e. The molecule has 0 bridgehead atoms. The highest BCUT2D eigenvalue weighted by atomic mass is 16.5. The van der Waals surface area contributed by atoms with Gasteiger partial charge in [-0.25, -0.2) is 0 Å². The van der Waals surface area contributed by atoms with Crippen LogP contribution >= 0.6 is 0 Å². The van der Waals surface area contributed by atoms with Crippen molar-refractivity contribution in [3.63, 3.8) is 0 Å². The zero-order valence-electron chi connectivity index (χ0n) is 12.5. The first-order chi connectivity index (χ1) is 9.53. The van der Waals surface area contributed by atoms with Crippen LogP contribution in [0.25, 0.3) is 0 Å². The van der Waals surface area contributed by atoms with Crippen molar-refractivity contribution in [2.75, 3.05) is 11.9 Å². The molecule has 2 heteroatoms. The molecule has 0 saturated heterocycles. The van der Waals surface area contributed by atoms with Gasteiger partial charge in [-0.15, -0.1) is 0 Å². The Bertz CT molecular complexity index is 511. The van der Waals surface area contributed by atoms with Gasteiger partial charge < -0.3 is 10.1 Å². The molecule has 2 aromatic rings. The Morgan fingerprint density at radius 3 is 2.05 bits per heavy atom. The number of benzene rings is 2. The van der Waals surface area contributed by atoms with Crippen molar-refractivity contribution in [2.24, 2.45) is 5.41 Å². The van der Waals surface area contributed by atoms with Crippen LogP contribution in [-0.2, 0) is 0 Å². The lowest BCUT2D eigenvalue weighted by Crippen LogP contribution is -2.12. The van der Waals surface area contributed by atoms with Crippen LogP contribution < -0.4 is 10.1 Å². The van der Waals surface area contributed by atoms with Crippen molar-refractivity contribution in [1.29, 1.82) is 0 Å². The predicted octanol–water partition coefficient (Wildman–Crippen LogP) is 5.33. The summed E-state index contributed by atoms with van der Waals surface area (Å²) in [5, 5.41) is 3.44. The van der Waals surface area contributed by atoms with E-state index in [1.165, 1.54) is 0 Å². The fourth-order valence-electron chi connectivity index (χ4n) is 1.85. The van der Waals surface area contributed by atoms with Crippen LogP contribution in [0.5, 0.6) is 11.5 Å². The lowest BCUT2D eigenvalue weighted by molar-refractivity contribution is 0.390. The largest absolute Gasteiger partial charge is 0.457 e. The molecule has 106 valence electrons. The second-order valence-corrected chi connectivity index (χ2v) is 6.18. The van der Waals surface area contributed by atoms with E-state index >= 15 is 0 Å². The summed E-state index contributed by atoms with van der Waals surface area (Å²) in [6.45, 7) is 7.75. The molecular weight excluding hydrogens is 246 g/mol. The summed E-state index contributed by atoms with van der Waals surface area (Å²) >= 11 is 0. The van der Waals surface area contributed by atoms with Crippen LogP contribution in [-0.4, -0.2) is 6.54 Å². The van der Waals surface area contributed by atoms with Gasteiger partial charge in [-0.1, -0.05) is 39.0 Å². The molecule has 0 spiro atoms. The molecule has 0 fully saturated rings. The van der Waals surface area contributed by atoms with Crippen molar-refractivity contribution in [3.05, 3.63) is 54.6 Å². The van der Waals surface area contributed by atoms with Crippen molar-refractivity contribution < 1.29 is 4.74 Å². The zero-order valence-corrected chi connectivity index (χ0v) is 12.5. The fraction of sp³-hybridized carbons (Fsp3) is 0.333. The number of rotatable bonds is 5. The van der Waals surface area contributed by atoms with E-state index in [0.29, 0.717) is 5.41 Å². The molecule has 20 heavy (non-hydrogen) atoms. The molecule has 0 amide bonds. The molecule has 0 aliphatic rings. The van der Waals surface area contributed by atoms with E-state index in [4.69, 9.17) is 4.74 Å². The van der Waals surface area contributed by atoms with Gasteiger partial charge in [0, 0.05) is 12.2 Å². The highest BCUT2D eigenvalue weighted by Gasteiger charge is 2.08. The Balaban J connectivity index is 1.87. The van der Waals surface area contributed by atoms with Crippen molar-refractivity contribution in [2.45, 2.75) is 27.2 Å². The highest BCUT2D eigenvalue weighted by Crippen LogP contribution is 2.23. The third-order valence-corrected chi connectivity index (χ3v) is 3.04. The van der Waals surface area contributed by atoms with Gasteiger partial charge in [0.2, 0.25) is 0 Å². The van der Waals surface area contributed by atoms with Gasteiger partial charge in [0.1, 0.15) is 11.5 Å². The summed E-state index contributed by atoms with van der Waals surface area (Å²) in [6.07, 6.45) is 1.15. The summed E-state index contributed by atoms with van der Waals surface area (Å²) in [7, 11) is 0. The first-order valence-electron chi connectivity index (χ1n) is 7.10. The van der Waals surface area contributed by atoms with Crippen LogP contribution in [0.4, 0.5) is 5.69 Å². The summed E-state index contributed by atoms with van der Waals surface area (Å²) < 4.78 is 5.76. The maximum atomic E-state index is 5.76. The van der Waals surface area contributed by atoms with Gasteiger partial charge in [-0.3, -0.25) is 0 Å². The number of ether oxygens (including phenoxy) is 1. The molecule has 0 aromatic heterocycles. The predicted molar refractivity (Wildman–Crippen MR) is 85.5 cm³/mol. The zero-order chi connectivity index (χ0) is 14.4. The molecule has 0 aliphatic carbocycles.